The van der Waals surface area contributed by atoms with E-state index in [0.717, 1.165) is 22.3 Å². The van der Waals surface area contributed by atoms with Gasteiger partial charge < -0.3 is 5.11 Å². The van der Waals surface area contributed by atoms with Gasteiger partial charge in [-0.1, -0.05) is 12.2 Å². The third-order valence-electron chi connectivity index (χ3n) is 2.56. The van der Waals surface area contributed by atoms with E-state index in [1.165, 1.54) is 6.33 Å². The highest BCUT2D eigenvalue weighted by Crippen LogP contribution is 2.23. The zero-order chi connectivity index (χ0) is 12.3. The van der Waals surface area contributed by atoms with Crippen molar-refractivity contribution in [1.29, 1.82) is 0 Å². The van der Waals surface area contributed by atoms with Gasteiger partial charge in [0.25, 0.3) is 0 Å². The van der Waals surface area contributed by atoms with Gasteiger partial charge in [-0.05, 0) is 42.7 Å². The molecule has 0 spiro atoms. The highest BCUT2D eigenvalue weighted by molar-refractivity contribution is 5.70. The van der Waals surface area contributed by atoms with Gasteiger partial charge in [-0.25, -0.2) is 9.97 Å². The summed E-state index contributed by atoms with van der Waals surface area (Å²) < 4.78 is 0. The van der Waals surface area contributed by atoms with Crippen molar-refractivity contribution in [3.63, 3.8) is 0 Å². The average Bonchev–Trinajstić information content (AvgIpc) is 2.34. The van der Waals surface area contributed by atoms with Crippen LogP contribution in [0.4, 0.5) is 0 Å². The summed E-state index contributed by atoms with van der Waals surface area (Å²) in [5.41, 5.74) is 3.78. The van der Waals surface area contributed by atoms with Crippen LogP contribution >= 0.6 is 0 Å². The van der Waals surface area contributed by atoms with Gasteiger partial charge in [-0.15, -0.1) is 0 Å². The number of nitrogens with zero attached hydrogens (tertiary/aromatic N) is 2. The van der Waals surface area contributed by atoms with Crippen molar-refractivity contribution in [3.05, 3.63) is 53.1 Å². The lowest BCUT2D eigenvalue weighted by atomic mass is 10.1. The fourth-order valence-corrected chi connectivity index (χ4v) is 1.67. The normalized spacial score (nSPS) is 10.9. The van der Waals surface area contributed by atoms with Crippen LogP contribution < -0.4 is 0 Å². The van der Waals surface area contributed by atoms with Crippen LogP contribution in [0.3, 0.4) is 0 Å². The van der Waals surface area contributed by atoms with E-state index in [-0.39, 0.29) is 0 Å². The molecule has 3 nitrogen and oxygen atoms in total. The lowest BCUT2D eigenvalue weighted by Gasteiger charge is -2.04. The zero-order valence-electron chi connectivity index (χ0n) is 9.88. The number of rotatable bonds is 2. The number of aryl methyl sites for hydroxylation is 2. The van der Waals surface area contributed by atoms with Crippen molar-refractivity contribution in [3.8, 4) is 5.75 Å². The predicted molar refractivity (Wildman–Crippen MR) is 68.5 cm³/mol. The van der Waals surface area contributed by atoms with Crippen molar-refractivity contribution in [2.45, 2.75) is 13.8 Å². The second-order valence-electron chi connectivity index (χ2n) is 4.01. The Morgan fingerprint density at radius 2 is 1.47 bits per heavy atom. The van der Waals surface area contributed by atoms with E-state index in [9.17, 15) is 5.11 Å². The van der Waals surface area contributed by atoms with Crippen molar-refractivity contribution < 1.29 is 5.11 Å². The highest BCUT2D eigenvalue weighted by atomic mass is 16.3. The van der Waals surface area contributed by atoms with Crippen LogP contribution in [0.5, 0.6) is 5.75 Å². The Labute approximate surface area is 100 Å². The molecule has 0 saturated heterocycles. The van der Waals surface area contributed by atoms with Gasteiger partial charge >= 0.3 is 0 Å². The maximum absolute atomic E-state index is 9.67. The Morgan fingerprint density at radius 1 is 0.941 bits per heavy atom. The average molecular weight is 226 g/mol. The molecule has 0 saturated carbocycles. The van der Waals surface area contributed by atoms with E-state index >= 15 is 0 Å². The first-order valence-electron chi connectivity index (χ1n) is 5.40. The Morgan fingerprint density at radius 3 is 2.06 bits per heavy atom. The van der Waals surface area contributed by atoms with Crippen LogP contribution in [-0.2, 0) is 0 Å². The molecule has 0 aliphatic carbocycles. The van der Waals surface area contributed by atoms with E-state index < -0.39 is 0 Å². The molecule has 1 aromatic carbocycles. The minimum absolute atomic E-state index is 0.366. The third kappa shape index (κ3) is 2.69. The van der Waals surface area contributed by atoms with Gasteiger partial charge in [0.05, 0.1) is 0 Å². The number of aromatic hydroxyl groups is 1. The molecule has 0 bridgehead atoms. The number of benzene rings is 1. The molecule has 0 atom stereocenters. The molecule has 0 fully saturated rings. The molecule has 0 amide bonds. The Balaban J connectivity index is 2.28. The van der Waals surface area contributed by atoms with Crippen molar-refractivity contribution in [2.75, 3.05) is 0 Å². The number of phenolic OH excluding ortho intramolecular Hbond substituents is 1. The lowest BCUT2D eigenvalue weighted by molar-refractivity contribution is 0.467. The SMILES string of the molecule is Cc1cc(/C=C/c2cncnc2)cc(C)c1O. The summed E-state index contributed by atoms with van der Waals surface area (Å²) in [6.45, 7) is 3.79. The first-order valence-corrected chi connectivity index (χ1v) is 5.40. The summed E-state index contributed by atoms with van der Waals surface area (Å²) in [5.74, 6) is 0.366. The minimum Gasteiger partial charge on any atom is -0.507 e. The van der Waals surface area contributed by atoms with E-state index in [0.29, 0.717) is 5.75 Å². The fourth-order valence-electron chi connectivity index (χ4n) is 1.67. The molecule has 1 aromatic heterocycles. The Kier molecular flexibility index (Phi) is 3.19. The van der Waals surface area contributed by atoms with E-state index in [4.69, 9.17) is 0 Å². The fraction of sp³-hybridized carbons (Fsp3) is 0.143. The van der Waals surface area contributed by atoms with E-state index in [1.807, 2.05) is 38.1 Å². The molecule has 17 heavy (non-hydrogen) atoms. The molecule has 1 N–H and O–H groups in total. The number of phenols is 1. The molecule has 0 aliphatic heterocycles. The quantitative estimate of drug-likeness (QED) is 0.856. The first-order chi connectivity index (χ1) is 8.16. The first kappa shape index (κ1) is 11.3. The maximum atomic E-state index is 9.67. The standard InChI is InChI=1S/C14H14N2O/c1-10-5-12(6-11(2)14(10)17)3-4-13-7-15-9-16-8-13/h3-9,17H,1-2H3/b4-3+. The van der Waals surface area contributed by atoms with Gasteiger partial charge in [0.15, 0.2) is 0 Å². The zero-order valence-corrected chi connectivity index (χ0v) is 9.88. The Bertz CT molecular complexity index is 524. The molecule has 86 valence electrons. The number of aromatic nitrogens is 2. The van der Waals surface area contributed by atoms with Gasteiger partial charge in [0, 0.05) is 18.0 Å². The van der Waals surface area contributed by atoms with Crippen LogP contribution in [0.15, 0.2) is 30.9 Å². The summed E-state index contributed by atoms with van der Waals surface area (Å²) in [6.07, 6.45) is 8.95. The Hall–Kier alpha value is -2.16. The number of hydrogen-bond acceptors (Lipinski definition) is 3. The number of hydrogen-bond donors (Lipinski definition) is 1. The van der Waals surface area contributed by atoms with Gasteiger partial charge in [-0.3, -0.25) is 0 Å². The molecule has 0 radical (unpaired) electrons. The van der Waals surface area contributed by atoms with Gasteiger partial charge in [0.1, 0.15) is 12.1 Å². The topological polar surface area (TPSA) is 46.0 Å². The summed E-state index contributed by atoms with van der Waals surface area (Å²) in [5, 5.41) is 9.67. The highest BCUT2D eigenvalue weighted by Gasteiger charge is 2.01. The second-order valence-corrected chi connectivity index (χ2v) is 4.01. The van der Waals surface area contributed by atoms with Crippen LogP contribution in [0.2, 0.25) is 0 Å². The molecular formula is C14H14N2O. The van der Waals surface area contributed by atoms with Crippen molar-refractivity contribution in [2.24, 2.45) is 0 Å². The van der Waals surface area contributed by atoms with Crippen LogP contribution in [0.1, 0.15) is 22.3 Å². The summed E-state index contributed by atoms with van der Waals surface area (Å²) in [4.78, 5) is 7.89. The summed E-state index contributed by atoms with van der Waals surface area (Å²) >= 11 is 0. The van der Waals surface area contributed by atoms with Crippen molar-refractivity contribution in [1.82, 2.24) is 9.97 Å². The largest absolute Gasteiger partial charge is 0.507 e. The predicted octanol–water partition coefficient (Wildman–Crippen LogP) is 2.97. The second kappa shape index (κ2) is 4.78. The van der Waals surface area contributed by atoms with Crippen LogP contribution in [-0.4, -0.2) is 15.1 Å². The van der Waals surface area contributed by atoms with Gasteiger partial charge in [-0.2, -0.15) is 0 Å². The van der Waals surface area contributed by atoms with E-state index in [1.54, 1.807) is 12.4 Å². The molecule has 2 rings (SSSR count). The maximum Gasteiger partial charge on any atom is 0.121 e. The van der Waals surface area contributed by atoms with Crippen LogP contribution in [0.25, 0.3) is 12.2 Å². The summed E-state index contributed by atoms with van der Waals surface area (Å²) in [6, 6.07) is 3.89. The summed E-state index contributed by atoms with van der Waals surface area (Å²) in [7, 11) is 0. The molecule has 0 unspecified atom stereocenters. The molecule has 2 aromatic rings. The van der Waals surface area contributed by atoms with Crippen LogP contribution in [0, 0.1) is 13.8 Å². The molecule has 3 heteroatoms. The molecule has 0 aliphatic rings. The van der Waals surface area contributed by atoms with Gasteiger partial charge in [0.2, 0.25) is 0 Å². The lowest BCUT2D eigenvalue weighted by Crippen LogP contribution is -1.83. The minimum atomic E-state index is 0.366. The molecule has 1 heterocycles. The third-order valence-corrected chi connectivity index (χ3v) is 2.56. The molecular weight excluding hydrogens is 212 g/mol. The van der Waals surface area contributed by atoms with E-state index in [2.05, 4.69) is 9.97 Å². The smallest absolute Gasteiger partial charge is 0.121 e. The van der Waals surface area contributed by atoms with Crippen molar-refractivity contribution >= 4 is 12.2 Å². The monoisotopic (exact) mass is 226 g/mol.